The SMILES string of the molecule is CN(C)c1ccc(NC(=O)C2CCCOC2)cc1. The monoisotopic (exact) mass is 248 g/mol. The maximum absolute atomic E-state index is 12.0. The minimum atomic E-state index is -0.00715. The Hall–Kier alpha value is -1.55. The van der Waals surface area contributed by atoms with E-state index in [0.717, 1.165) is 30.8 Å². The van der Waals surface area contributed by atoms with Crippen molar-refractivity contribution in [2.75, 3.05) is 37.5 Å². The lowest BCUT2D eigenvalue weighted by Gasteiger charge is -2.21. The fourth-order valence-corrected chi connectivity index (χ4v) is 2.03. The van der Waals surface area contributed by atoms with Gasteiger partial charge in [0.05, 0.1) is 12.5 Å². The molecule has 1 unspecified atom stereocenters. The summed E-state index contributed by atoms with van der Waals surface area (Å²) in [5.41, 5.74) is 1.96. The van der Waals surface area contributed by atoms with Crippen LogP contribution in [0.25, 0.3) is 0 Å². The number of hydrogen-bond acceptors (Lipinski definition) is 3. The Morgan fingerprint density at radius 3 is 2.61 bits per heavy atom. The molecule has 4 heteroatoms. The lowest BCUT2D eigenvalue weighted by atomic mass is 10.0. The smallest absolute Gasteiger partial charge is 0.229 e. The van der Waals surface area contributed by atoms with Gasteiger partial charge in [0.15, 0.2) is 0 Å². The number of anilines is 2. The van der Waals surface area contributed by atoms with E-state index in [2.05, 4.69) is 5.32 Å². The van der Waals surface area contributed by atoms with Crippen molar-refractivity contribution in [2.45, 2.75) is 12.8 Å². The summed E-state index contributed by atoms with van der Waals surface area (Å²) in [5.74, 6) is 0.0552. The van der Waals surface area contributed by atoms with E-state index in [0.29, 0.717) is 6.61 Å². The van der Waals surface area contributed by atoms with Crippen LogP contribution in [-0.2, 0) is 9.53 Å². The maximum Gasteiger partial charge on any atom is 0.229 e. The van der Waals surface area contributed by atoms with Crippen molar-refractivity contribution < 1.29 is 9.53 Å². The first-order valence-electron chi connectivity index (χ1n) is 6.33. The fraction of sp³-hybridized carbons (Fsp3) is 0.500. The molecule has 0 radical (unpaired) electrons. The standard InChI is InChI=1S/C14H20N2O2/c1-16(2)13-7-5-12(6-8-13)15-14(17)11-4-3-9-18-10-11/h5-8,11H,3-4,9-10H2,1-2H3,(H,15,17). The average Bonchev–Trinajstić information content (AvgIpc) is 2.40. The third kappa shape index (κ3) is 3.23. The molecule has 1 aromatic rings. The molecule has 4 nitrogen and oxygen atoms in total. The predicted octanol–water partition coefficient (Wildman–Crippen LogP) is 2.12. The Balaban J connectivity index is 1.94. The molecule has 1 aromatic carbocycles. The Kier molecular flexibility index (Phi) is 4.20. The van der Waals surface area contributed by atoms with E-state index in [1.165, 1.54) is 0 Å². The van der Waals surface area contributed by atoms with Crippen molar-refractivity contribution in [3.63, 3.8) is 0 Å². The van der Waals surface area contributed by atoms with Gasteiger partial charge in [-0.25, -0.2) is 0 Å². The molecule has 1 aliphatic heterocycles. The number of amides is 1. The number of rotatable bonds is 3. The van der Waals surface area contributed by atoms with Crippen LogP contribution in [0.1, 0.15) is 12.8 Å². The van der Waals surface area contributed by atoms with Crippen LogP contribution in [0.15, 0.2) is 24.3 Å². The van der Waals surface area contributed by atoms with Crippen LogP contribution in [0, 0.1) is 5.92 Å². The van der Waals surface area contributed by atoms with Gasteiger partial charge in [-0.05, 0) is 37.1 Å². The van der Waals surface area contributed by atoms with E-state index in [9.17, 15) is 4.79 Å². The highest BCUT2D eigenvalue weighted by molar-refractivity contribution is 5.92. The van der Waals surface area contributed by atoms with E-state index < -0.39 is 0 Å². The molecule has 0 bridgehead atoms. The minimum absolute atomic E-state index is 0.00715. The molecule has 0 aromatic heterocycles. The number of hydrogen-bond donors (Lipinski definition) is 1. The predicted molar refractivity (Wildman–Crippen MR) is 72.9 cm³/mol. The second kappa shape index (κ2) is 5.87. The van der Waals surface area contributed by atoms with Crippen molar-refractivity contribution in [3.8, 4) is 0 Å². The van der Waals surface area contributed by atoms with E-state index in [-0.39, 0.29) is 11.8 Å². The van der Waals surface area contributed by atoms with Gasteiger partial charge in [0.25, 0.3) is 0 Å². The van der Waals surface area contributed by atoms with E-state index in [1.807, 2.05) is 43.3 Å². The summed E-state index contributed by atoms with van der Waals surface area (Å²) in [5, 5.41) is 2.94. The lowest BCUT2D eigenvalue weighted by Crippen LogP contribution is -2.30. The quantitative estimate of drug-likeness (QED) is 0.891. The zero-order chi connectivity index (χ0) is 13.0. The molecule has 1 heterocycles. The molecular formula is C14H20N2O2. The van der Waals surface area contributed by atoms with Gasteiger partial charge in [-0.1, -0.05) is 0 Å². The molecule has 1 aliphatic rings. The molecule has 0 saturated carbocycles. The summed E-state index contributed by atoms with van der Waals surface area (Å²) in [6.07, 6.45) is 1.89. The second-order valence-corrected chi connectivity index (χ2v) is 4.84. The molecule has 1 saturated heterocycles. The number of nitrogens with one attached hydrogen (secondary N) is 1. The molecule has 18 heavy (non-hydrogen) atoms. The van der Waals surface area contributed by atoms with Crippen LogP contribution < -0.4 is 10.2 Å². The van der Waals surface area contributed by atoms with Gasteiger partial charge in [-0.3, -0.25) is 4.79 Å². The zero-order valence-corrected chi connectivity index (χ0v) is 11.0. The van der Waals surface area contributed by atoms with Gasteiger partial charge in [-0.15, -0.1) is 0 Å². The Labute approximate surface area is 108 Å². The van der Waals surface area contributed by atoms with Crippen LogP contribution in [0.5, 0.6) is 0 Å². The van der Waals surface area contributed by atoms with Crippen molar-refractivity contribution >= 4 is 17.3 Å². The maximum atomic E-state index is 12.0. The molecule has 1 fully saturated rings. The highest BCUT2D eigenvalue weighted by atomic mass is 16.5. The first-order chi connectivity index (χ1) is 8.66. The van der Waals surface area contributed by atoms with Gasteiger partial charge >= 0.3 is 0 Å². The normalized spacial score (nSPS) is 19.3. The molecule has 1 amide bonds. The first kappa shape index (κ1) is 12.9. The van der Waals surface area contributed by atoms with Gasteiger partial charge in [0, 0.05) is 32.1 Å². The molecule has 0 spiro atoms. The van der Waals surface area contributed by atoms with Gasteiger partial charge in [-0.2, -0.15) is 0 Å². The topological polar surface area (TPSA) is 41.6 Å². The van der Waals surface area contributed by atoms with Gasteiger partial charge in [0.2, 0.25) is 5.91 Å². The molecule has 98 valence electrons. The highest BCUT2D eigenvalue weighted by Gasteiger charge is 2.21. The van der Waals surface area contributed by atoms with Crippen molar-refractivity contribution in [3.05, 3.63) is 24.3 Å². The number of carbonyl (C=O) groups is 1. The Bertz CT molecular complexity index is 395. The minimum Gasteiger partial charge on any atom is -0.381 e. The fourth-order valence-electron chi connectivity index (χ4n) is 2.03. The summed E-state index contributed by atoms with van der Waals surface area (Å²) in [4.78, 5) is 14.0. The number of benzene rings is 1. The third-order valence-corrected chi connectivity index (χ3v) is 3.18. The zero-order valence-electron chi connectivity index (χ0n) is 11.0. The molecular weight excluding hydrogens is 228 g/mol. The van der Waals surface area contributed by atoms with Crippen LogP contribution in [-0.4, -0.2) is 33.2 Å². The van der Waals surface area contributed by atoms with E-state index in [4.69, 9.17) is 4.74 Å². The number of nitrogens with zero attached hydrogens (tertiary/aromatic N) is 1. The Morgan fingerprint density at radius 1 is 1.33 bits per heavy atom. The summed E-state index contributed by atoms with van der Waals surface area (Å²) < 4.78 is 5.32. The Morgan fingerprint density at radius 2 is 2.06 bits per heavy atom. The molecule has 1 N–H and O–H groups in total. The summed E-state index contributed by atoms with van der Waals surface area (Å²) in [6, 6.07) is 7.84. The van der Waals surface area contributed by atoms with Gasteiger partial charge in [0.1, 0.15) is 0 Å². The van der Waals surface area contributed by atoms with Crippen LogP contribution in [0.3, 0.4) is 0 Å². The van der Waals surface area contributed by atoms with E-state index in [1.54, 1.807) is 0 Å². The highest BCUT2D eigenvalue weighted by Crippen LogP contribution is 2.19. The lowest BCUT2D eigenvalue weighted by molar-refractivity contribution is -0.123. The summed E-state index contributed by atoms with van der Waals surface area (Å²) >= 11 is 0. The molecule has 2 rings (SSSR count). The van der Waals surface area contributed by atoms with Gasteiger partial charge < -0.3 is 15.0 Å². The van der Waals surface area contributed by atoms with E-state index >= 15 is 0 Å². The number of carbonyl (C=O) groups excluding carboxylic acids is 1. The van der Waals surface area contributed by atoms with Crippen LogP contribution in [0.2, 0.25) is 0 Å². The van der Waals surface area contributed by atoms with Crippen LogP contribution in [0.4, 0.5) is 11.4 Å². The average molecular weight is 248 g/mol. The van der Waals surface area contributed by atoms with Crippen molar-refractivity contribution in [2.24, 2.45) is 5.92 Å². The summed E-state index contributed by atoms with van der Waals surface area (Å²) in [6.45, 7) is 1.32. The van der Waals surface area contributed by atoms with Crippen LogP contribution >= 0.6 is 0 Å². The third-order valence-electron chi connectivity index (χ3n) is 3.18. The summed E-state index contributed by atoms with van der Waals surface area (Å²) in [7, 11) is 3.99. The first-order valence-corrected chi connectivity index (χ1v) is 6.33. The van der Waals surface area contributed by atoms with Crippen molar-refractivity contribution in [1.29, 1.82) is 0 Å². The molecule has 0 aliphatic carbocycles. The number of ether oxygens (including phenoxy) is 1. The van der Waals surface area contributed by atoms with Crippen molar-refractivity contribution in [1.82, 2.24) is 0 Å². The molecule has 1 atom stereocenters. The largest absolute Gasteiger partial charge is 0.381 e. The second-order valence-electron chi connectivity index (χ2n) is 4.84.